The van der Waals surface area contributed by atoms with Gasteiger partial charge in [-0.2, -0.15) is 0 Å². The van der Waals surface area contributed by atoms with Gasteiger partial charge < -0.3 is 15.1 Å². The molecule has 4 rings (SSSR count). The average Bonchev–Trinajstić information content (AvgIpc) is 2.80. The van der Waals surface area contributed by atoms with E-state index in [0.29, 0.717) is 29.9 Å². The van der Waals surface area contributed by atoms with Gasteiger partial charge in [0.2, 0.25) is 0 Å². The van der Waals surface area contributed by atoms with E-state index in [4.69, 9.17) is 0 Å². The van der Waals surface area contributed by atoms with Gasteiger partial charge in [-0.1, -0.05) is 36.4 Å². The van der Waals surface area contributed by atoms with Crippen molar-refractivity contribution >= 4 is 23.3 Å². The average molecular weight is 386 g/mol. The summed E-state index contributed by atoms with van der Waals surface area (Å²) in [4.78, 5) is 34.0. The molecule has 3 aromatic rings. The van der Waals surface area contributed by atoms with Crippen LogP contribution in [0.5, 0.6) is 0 Å². The highest BCUT2D eigenvalue weighted by Gasteiger charge is 2.24. The molecule has 2 aromatic carbocycles. The topological polar surface area (TPSA) is 65.5 Å². The zero-order chi connectivity index (χ0) is 20.1. The Morgan fingerprint density at radius 1 is 0.793 bits per heavy atom. The summed E-state index contributed by atoms with van der Waals surface area (Å²) in [6.45, 7) is 2.66. The van der Waals surface area contributed by atoms with Crippen LogP contribution in [0.15, 0.2) is 79.0 Å². The lowest BCUT2D eigenvalue weighted by Crippen LogP contribution is -2.49. The molecule has 0 aliphatic carbocycles. The molecule has 0 saturated carbocycles. The van der Waals surface area contributed by atoms with Gasteiger partial charge in [-0.05, 0) is 36.4 Å². The second kappa shape index (κ2) is 8.56. The molecule has 6 heteroatoms. The second-order valence-electron chi connectivity index (χ2n) is 6.83. The number of nitrogens with one attached hydrogen (secondary N) is 1. The summed E-state index contributed by atoms with van der Waals surface area (Å²) >= 11 is 0. The van der Waals surface area contributed by atoms with E-state index < -0.39 is 0 Å². The maximum Gasteiger partial charge on any atom is 0.256 e. The molecule has 2 heterocycles. The smallest absolute Gasteiger partial charge is 0.256 e. The molecule has 0 spiro atoms. The highest BCUT2D eigenvalue weighted by molar-refractivity contribution is 6.09. The normalized spacial score (nSPS) is 13.8. The minimum absolute atomic E-state index is 0.0744. The first-order valence-electron chi connectivity index (χ1n) is 9.63. The third kappa shape index (κ3) is 4.27. The number of nitrogens with zero attached hydrogens (tertiary/aromatic N) is 3. The lowest BCUT2D eigenvalue weighted by atomic mass is 10.1. The molecule has 1 aliphatic rings. The molecule has 0 bridgehead atoms. The Labute approximate surface area is 169 Å². The van der Waals surface area contributed by atoms with Crippen LogP contribution in [-0.4, -0.2) is 47.9 Å². The molecule has 1 aliphatic heterocycles. The molecule has 1 aromatic heterocycles. The van der Waals surface area contributed by atoms with Gasteiger partial charge in [-0.25, -0.2) is 4.98 Å². The van der Waals surface area contributed by atoms with Crippen molar-refractivity contribution in [3.8, 4) is 0 Å². The number of carbonyl (C=O) groups is 2. The van der Waals surface area contributed by atoms with E-state index >= 15 is 0 Å². The van der Waals surface area contributed by atoms with E-state index in [1.807, 2.05) is 53.4 Å². The molecule has 146 valence electrons. The van der Waals surface area contributed by atoms with Gasteiger partial charge >= 0.3 is 0 Å². The fourth-order valence-electron chi connectivity index (χ4n) is 3.41. The third-order valence-electron chi connectivity index (χ3n) is 4.98. The lowest BCUT2D eigenvalue weighted by Gasteiger charge is -2.35. The number of carbonyl (C=O) groups excluding carboxylic acids is 2. The first-order valence-corrected chi connectivity index (χ1v) is 9.63. The van der Waals surface area contributed by atoms with E-state index in [-0.39, 0.29) is 11.8 Å². The predicted octanol–water partition coefficient (Wildman–Crippen LogP) is 3.30. The number of benzene rings is 2. The summed E-state index contributed by atoms with van der Waals surface area (Å²) in [5.41, 5.74) is 1.58. The van der Waals surface area contributed by atoms with E-state index in [2.05, 4.69) is 15.2 Å². The molecule has 29 heavy (non-hydrogen) atoms. The minimum Gasteiger partial charge on any atom is -0.353 e. The number of hydrogen-bond acceptors (Lipinski definition) is 4. The molecule has 0 radical (unpaired) electrons. The first kappa shape index (κ1) is 18.7. The Morgan fingerprint density at radius 3 is 2.21 bits per heavy atom. The van der Waals surface area contributed by atoms with E-state index in [9.17, 15) is 9.59 Å². The summed E-state index contributed by atoms with van der Waals surface area (Å²) < 4.78 is 0. The van der Waals surface area contributed by atoms with Crippen molar-refractivity contribution in [1.29, 1.82) is 0 Å². The number of amides is 2. The van der Waals surface area contributed by atoms with Crippen LogP contribution in [0.2, 0.25) is 0 Å². The molecule has 2 amide bonds. The van der Waals surface area contributed by atoms with Gasteiger partial charge in [0, 0.05) is 37.9 Å². The largest absolute Gasteiger partial charge is 0.353 e. The predicted molar refractivity (Wildman–Crippen MR) is 113 cm³/mol. The fraction of sp³-hybridized carbons (Fsp3) is 0.174. The Kier molecular flexibility index (Phi) is 5.52. The van der Waals surface area contributed by atoms with Crippen molar-refractivity contribution in [2.45, 2.75) is 0 Å². The van der Waals surface area contributed by atoms with Crippen LogP contribution >= 0.6 is 0 Å². The van der Waals surface area contributed by atoms with Crippen molar-refractivity contribution in [3.63, 3.8) is 0 Å². The van der Waals surface area contributed by atoms with Crippen LogP contribution in [-0.2, 0) is 0 Å². The molecule has 6 nitrogen and oxygen atoms in total. The van der Waals surface area contributed by atoms with Crippen LogP contribution in [0.1, 0.15) is 20.7 Å². The monoisotopic (exact) mass is 386 g/mol. The van der Waals surface area contributed by atoms with Crippen molar-refractivity contribution in [3.05, 3.63) is 90.1 Å². The summed E-state index contributed by atoms with van der Waals surface area (Å²) in [5.74, 6) is 0.621. The number of hydrogen-bond donors (Lipinski definition) is 1. The lowest BCUT2D eigenvalue weighted by molar-refractivity contribution is 0.0747. The van der Waals surface area contributed by atoms with Crippen LogP contribution in [0.25, 0.3) is 0 Å². The first-order chi connectivity index (χ1) is 14.2. The van der Waals surface area contributed by atoms with Crippen molar-refractivity contribution < 1.29 is 9.59 Å². The number of aromatic nitrogens is 1. The molecule has 0 atom stereocenters. The number of rotatable bonds is 4. The highest BCUT2D eigenvalue weighted by atomic mass is 16.2. The summed E-state index contributed by atoms with van der Waals surface area (Å²) in [6.07, 6.45) is 1.78. The quantitative estimate of drug-likeness (QED) is 0.747. The molecule has 1 N–H and O–H groups in total. The molecular weight excluding hydrogens is 364 g/mol. The number of anilines is 2. The van der Waals surface area contributed by atoms with Crippen LogP contribution in [0, 0.1) is 0 Å². The van der Waals surface area contributed by atoms with Crippen molar-refractivity contribution in [2.75, 3.05) is 36.4 Å². The Hall–Kier alpha value is -3.67. The van der Waals surface area contributed by atoms with Gasteiger partial charge in [-0.3, -0.25) is 9.59 Å². The third-order valence-corrected chi connectivity index (χ3v) is 4.98. The van der Waals surface area contributed by atoms with Crippen LogP contribution < -0.4 is 10.2 Å². The maximum absolute atomic E-state index is 13.1. The standard InChI is InChI=1S/C23H22N4O2/c28-22(18-8-2-1-3-9-18)25-20-11-5-4-10-19(20)23(29)27-16-14-26(15-17-27)21-12-6-7-13-24-21/h1-13H,14-17H2,(H,25,28). The summed E-state index contributed by atoms with van der Waals surface area (Å²) in [6, 6.07) is 22.0. The number of piperazine rings is 1. The highest BCUT2D eigenvalue weighted by Crippen LogP contribution is 2.20. The fourth-order valence-corrected chi connectivity index (χ4v) is 3.41. The number of pyridine rings is 1. The molecule has 0 unspecified atom stereocenters. The van der Waals surface area contributed by atoms with Gasteiger partial charge in [-0.15, -0.1) is 0 Å². The Bertz CT molecular complexity index is 984. The van der Waals surface area contributed by atoms with Gasteiger partial charge in [0.1, 0.15) is 5.82 Å². The van der Waals surface area contributed by atoms with Crippen LogP contribution in [0.3, 0.4) is 0 Å². The van der Waals surface area contributed by atoms with E-state index in [0.717, 1.165) is 18.9 Å². The van der Waals surface area contributed by atoms with Gasteiger partial charge in [0.15, 0.2) is 0 Å². The summed E-state index contributed by atoms with van der Waals surface area (Å²) in [7, 11) is 0. The molecule has 1 saturated heterocycles. The van der Waals surface area contributed by atoms with Gasteiger partial charge in [0.05, 0.1) is 11.3 Å². The van der Waals surface area contributed by atoms with Crippen molar-refractivity contribution in [2.24, 2.45) is 0 Å². The van der Waals surface area contributed by atoms with Crippen molar-refractivity contribution in [1.82, 2.24) is 9.88 Å². The minimum atomic E-state index is -0.231. The molecular formula is C23H22N4O2. The van der Waals surface area contributed by atoms with Gasteiger partial charge in [0.25, 0.3) is 11.8 Å². The second-order valence-corrected chi connectivity index (χ2v) is 6.83. The van der Waals surface area contributed by atoms with E-state index in [1.54, 1.807) is 30.5 Å². The maximum atomic E-state index is 13.1. The number of para-hydroxylation sites is 1. The Balaban J connectivity index is 1.45. The SMILES string of the molecule is O=C(Nc1ccccc1C(=O)N1CCN(c2ccccn2)CC1)c1ccccc1. The van der Waals surface area contributed by atoms with Crippen LogP contribution in [0.4, 0.5) is 11.5 Å². The molecule has 1 fully saturated rings. The zero-order valence-electron chi connectivity index (χ0n) is 16.0. The van der Waals surface area contributed by atoms with E-state index in [1.165, 1.54) is 0 Å². The summed E-state index contributed by atoms with van der Waals surface area (Å²) in [5, 5.41) is 2.87. The Morgan fingerprint density at radius 2 is 1.48 bits per heavy atom. The zero-order valence-corrected chi connectivity index (χ0v) is 16.0.